The molecule has 152 valence electrons. The van der Waals surface area contributed by atoms with Gasteiger partial charge in [0.1, 0.15) is 12.4 Å². The molecule has 0 aliphatic carbocycles. The van der Waals surface area contributed by atoms with Gasteiger partial charge in [-0.15, -0.1) is 0 Å². The zero-order valence-corrected chi connectivity index (χ0v) is 18.2. The topological polar surface area (TPSA) is 67.0 Å². The van der Waals surface area contributed by atoms with E-state index < -0.39 is 0 Å². The lowest BCUT2D eigenvalue weighted by Gasteiger charge is -2.09. The molecule has 0 aliphatic heterocycles. The molecule has 1 heterocycles. The summed E-state index contributed by atoms with van der Waals surface area (Å²) in [6.07, 6.45) is 1.28. The third-order valence-electron chi connectivity index (χ3n) is 4.80. The molecule has 0 radical (unpaired) electrons. The van der Waals surface area contributed by atoms with Crippen LogP contribution in [0.4, 0.5) is 5.82 Å². The van der Waals surface area contributed by atoms with Gasteiger partial charge in [0.15, 0.2) is 5.82 Å². The molecule has 30 heavy (non-hydrogen) atoms. The number of H-pyrrole nitrogens is 1. The average Bonchev–Trinajstić information content (AvgIpc) is 3.14. The molecule has 1 aromatic heterocycles. The van der Waals surface area contributed by atoms with Gasteiger partial charge in [0.2, 0.25) is 5.91 Å². The Hall–Kier alpha value is -3.12. The summed E-state index contributed by atoms with van der Waals surface area (Å²) in [5, 5.41) is 11.0. The summed E-state index contributed by atoms with van der Waals surface area (Å²) >= 11 is 3.66. The summed E-state index contributed by atoms with van der Waals surface area (Å²) in [5.41, 5.74) is 4.09. The van der Waals surface area contributed by atoms with Gasteiger partial charge < -0.3 is 10.1 Å². The highest BCUT2D eigenvalue weighted by atomic mass is 79.9. The lowest BCUT2D eigenvalue weighted by Crippen LogP contribution is -2.11. The van der Waals surface area contributed by atoms with E-state index in [1.54, 1.807) is 0 Å². The number of carbonyl (C=O) groups is 1. The zero-order valence-electron chi connectivity index (χ0n) is 16.6. The minimum absolute atomic E-state index is 0.0304. The van der Waals surface area contributed by atoms with Gasteiger partial charge in [0.25, 0.3) is 0 Å². The fourth-order valence-corrected chi connectivity index (χ4v) is 3.82. The molecule has 4 rings (SSSR count). The molecule has 5 nitrogen and oxygen atoms in total. The van der Waals surface area contributed by atoms with Gasteiger partial charge >= 0.3 is 0 Å². The van der Waals surface area contributed by atoms with Crippen molar-refractivity contribution < 1.29 is 9.53 Å². The van der Waals surface area contributed by atoms with Crippen LogP contribution in [-0.4, -0.2) is 16.1 Å². The minimum Gasteiger partial charge on any atom is -0.489 e. The summed E-state index contributed by atoms with van der Waals surface area (Å²) < 4.78 is 6.81. The summed E-state index contributed by atoms with van der Waals surface area (Å²) in [6.45, 7) is 2.51. The molecule has 6 heteroatoms. The van der Waals surface area contributed by atoms with Gasteiger partial charge in [-0.25, -0.2) is 0 Å². The SMILES string of the molecule is CCCC(=O)Nc1n[nH]c2cc(-c3ccc(OCc4ccccc4)cc3)c(Br)cc12. The van der Waals surface area contributed by atoms with Gasteiger partial charge in [-0.3, -0.25) is 9.89 Å². The van der Waals surface area contributed by atoms with Crippen LogP contribution in [-0.2, 0) is 11.4 Å². The first-order valence-electron chi connectivity index (χ1n) is 9.88. The fourth-order valence-electron chi connectivity index (χ4n) is 3.25. The van der Waals surface area contributed by atoms with E-state index >= 15 is 0 Å². The Morgan fingerprint density at radius 1 is 1.10 bits per heavy atom. The Morgan fingerprint density at radius 3 is 2.60 bits per heavy atom. The van der Waals surface area contributed by atoms with E-state index in [4.69, 9.17) is 4.74 Å². The van der Waals surface area contributed by atoms with Crippen LogP contribution in [0.5, 0.6) is 5.75 Å². The second kappa shape index (κ2) is 9.13. The van der Waals surface area contributed by atoms with Crippen LogP contribution in [0.25, 0.3) is 22.0 Å². The number of hydrogen-bond acceptors (Lipinski definition) is 3. The first-order chi connectivity index (χ1) is 14.6. The number of anilines is 1. The van der Waals surface area contributed by atoms with Crippen molar-refractivity contribution in [2.24, 2.45) is 0 Å². The maximum Gasteiger partial charge on any atom is 0.225 e. The van der Waals surface area contributed by atoms with Crippen LogP contribution < -0.4 is 10.1 Å². The quantitative estimate of drug-likeness (QED) is 0.337. The van der Waals surface area contributed by atoms with Crippen LogP contribution in [0.2, 0.25) is 0 Å². The average molecular weight is 464 g/mol. The van der Waals surface area contributed by atoms with Crippen LogP contribution >= 0.6 is 15.9 Å². The number of carbonyl (C=O) groups excluding carboxylic acids is 1. The summed E-state index contributed by atoms with van der Waals surface area (Å²) in [7, 11) is 0. The molecule has 2 N–H and O–H groups in total. The molecular formula is C24H22BrN3O2. The van der Waals surface area contributed by atoms with Crippen LogP contribution in [0.3, 0.4) is 0 Å². The van der Waals surface area contributed by atoms with Crippen molar-refractivity contribution >= 4 is 38.6 Å². The van der Waals surface area contributed by atoms with Gasteiger partial charge in [-0.1, -0.05) is 65.3 Å². The second-order valence-corrected chi connectivity index (χ2v) is 7.90. The fraction of sp³-hybridized carbons (Fsp3) is 0.167. The Balaban J connectivity index is 1.52. The molecular weight excluding hydrogens is 442 g/mol. The number of nitrogens with one attached hydrogen (secondary N) is 2. The minimum atomic E-state index is -0.0304. The molecule has 3 aromatic carbocycles. The van der Waals surface area contributed by atoms with E-state index in [1.807, 2.05) is 73.7 Å². The van der Waals surface area contributed by atoms with E-state index in [1.165, 1.54) is 0 Å². The molecule has 0 unspecified atom stereocenters. The number of nitrogens with zero attached hydrogens (tertiary/aromatic N) is 1. The molecule has 0 bridgehead atoms. The molecule has 0 spiro atoms. The first kappa shape index (κ1) is 20.2. The molecule has 0 fully saturated rings. The maximum atomic E-state index is 11.9. The molecule has 0 aliphatic rings. The molecule has 1 amide bonds. The van der Waals surface area contributed by atoms with Crippen molar-refractivity contribution in [3.05, 3.63) is 76.8 Å². The number of fused-ring (bicyclic) bond motifs is 1. The van der Waals surface area contributed by atoms with E-state index in [-0.39, 0.29) is 5.91 Å². The molecule has 4 aromatic rings. The lowest BCUT2D eigenvalue weighted by atomic mass is 10.0. The lowest BCUT2D eigenvalue weighted by molar-refractivity contribution is -0.116. The van der Waals surface area contributed by atoms with Crippen LogP contribution in [0, 0.1) is 0 Å². The van der Waals surface area contributed by atoms with E-state index in [2.05, 4.69) is 31.4 Å². The number of halogens is 1. The van der Waals surface area contributed by atoms with Crippen molar-refractivity contribution in [1.29, 1.82) is 0 Å². The normalized spacial score (nSPS) is 10.9. The predicted molar refractivity (Wildman–Crippen MR) is 124 cm³/mol. The highest BCUT2D eigenvalue weighted by molar-refractivity contribution is 9.10. The summed E-state index contributed by atoms with van der Waals surface area (Å²) in [5.74, 6) is 1.35. The number of ether oxygens (including phenoxy) is 1. The van der Waals surface area contributed by atoms with Crippen LogP contribution in [0.1, 0.15) is 25.3 Å². The van der Waals surface area contributed by atoms with Gasteiger partial charge in [0.05, 0.1) is 5.52 Å². The monoisotopic (exact) mass is 463 g/mol. The van der Waals surface area contributed by atoms with Gasteiger partial charge in [-0.2, -0.15) is 5.10 Å². The largest absolute Gasteiger partial charge is 0.489 e. The van der Waals surface area contributed by atoms with Gasteiger partial charge in [0, 0.05) is 16.3 Å². The number of aromatic amines is 1. The summed E-state index contributed by atoms with van der Waals surface area (Å²) in [6, 6.07) is 22.1. The second-order valence-electron chi connectivity index (χ2n) is 7.05. The zero-order chi connectivity index (χ0) is 20.9. The smallest absolute Gasteiger partial charge is 0.225 e. The van der Waals surface area contributed by atoms with Crippen LogP contribution in [0.15, 0.2) is 71.2 Å². The van der Waals surface area contributed by atoms with Crippen molar-refractivity contribution in [2.45, 2.75) is 26.4 Å². The van der Waals surface area contributed by atoms with E-state index in [0.717, 1.165) is 44.2 Å². The third-order valence-corrected chi connectivity index (χ3v) is 5.46. The summed E-state index contributed by atoms with van der Waals surface area (Å²) in [4.78, 5) is 11.9. The number of rotatable bonds is 7. The van der Waals surface area contributed by atoms with Crippen molar-refractivity contribution in [2.75, 3.05) is 5.32 Å². The van der Waals surface area contributed by atoms with E-state index in [9.17, 15) is 4.79 Å². The Labute approximate surface area is 183 Å². The highest BCUT2D eigenvalue weighted by Crippen LogP contribution is 2.35. The number of aromatic nitrogens is 2. The highest BCUT2D eigenvalue weighted by Gasteiger charge is 2.13. The number of benzene rings is 3. The van der Waals surface area contributed by atoms with E-state index in [0.29, 0.717) is 18.8 Å². The number of hydrogen-bond donors (Lipinski definition) is 2. The molecule has 0 saturated carbocycles. The van der Waals surface area contributed by atoms with Crippen molar-refractivity contribution in [3.63, 3.8) is 0 Å². The Bertz CT molecular complexity index is 1150. The van der Waals surface area contributed by atoms with Crippen molar-refractivity contribution in [3.8, 4) is 16.9 Å². The molecule has 0 saturated heterocycles. The maximum absolute atomic E-state index is 11.9. The Kier molecular flexibility index (Phi) is 6.14. The molecule has 0 atom stereocenters. The van der Waals surface area contributed by atoms with Gasteiger partial charge in [-0.05, 0) is 47.4 Å². The standard InChI is InChI=1S/C24H22BrN3O2/c1-2-6-23(29)26-24-20-13-21(25)19(14-22(20)27-28-24)17-9-11-18(12-10-17)30-15-16-7-4-3-5-8-16/h3-5,7-14H,2,6,15H2,1H3,(H2,26,27,28,29). The predicted octanol–water partition coefficient (Wildman–Crippen LogP) is 6.31. The first-order valence-corrected chi connectivity index (χ1v) is 10.7. The number of amides is 1. The Morgan fingerprint density at radius 2 is 1.87 bits per heavy atom. The van der Waals surface area contributed by atoms with Crippen molar-refractivity contribution in [1.82, 2.24) is 10.2 Å². The third kappa shape index (κ3) is 4.54.